The van der Waals surface area contributed by atoms with Gasteiger partial charge in [-0.15, -0.1) is 0 Å². The third kappa shape index (κ3) is 1.41. The minimum atomic E-state index is 0.339. The molecule has 4 N–H and O–H groups in total. The zero-order valence-corrected chi connectivity index (χ0v) is 5.83. The second-order valence-electron chi connectivity index (χ2n) is 2.05. The van der Waals surface area contributed by atoms with E-state index in [2.05, 4.69) is 9.97 Å². The van der Waals surface area contributed by atoms with Crippen LogP contribution in [0.5, 0.6) is 0 Å². The molecule has 0 spiro atoms. The summed E-state index contributed by atoms with van der Waals surface area (Å²) in [7, 11) is 0. The molecule has 0 aromatic carbocycles. The minimum Gasteiger partial charge on any atom is -0.384 e. The summed E-state index contributed by atoms with van der Waals surface area (Å²) in [6, 6.07) is 1.71. The van der Waals surface area contributed by atoms with Gasteiger partial charge in [-0.1, -0.05) is 0 Å². The van der Waals surface area contributed by atoms with Crippen LogP contribution in [-0.2, 0) is 6.54 Å². The smallest absolute Gasteiger partial charge is 0.144 e. The van der Waals surface area contributed by atoms with Crippen molar-refractivity contribution in [3.8, 4) is 0 Å². The van der Waals surface area contributed by atoms with Crippen LogP contribution in [0.15, 0.2) is 6.07 Å². The topological polar surface area (TPSA) is 77.8 Å². The molecule has 1 heterocycles. The van der Waals surface area contributed by atoms with E-state index in [1.54, 1.807) is 6.07 Å². The van der Waals surface area contributed by atoms with Gasteiger partial charge in [-0.05, 0) is 6.92 Å². The lowest BCUT2D eigenvalue weighted by atomic mass is 10.4. The van der Waals surface area contributed by atoms with Crippen molar-refractivity contribution in [2.45, 2.75) is 13.5 Å². The summed E-state index contributed by atoms with van der Waals surface area (Å²) >= 11 is 0. The molecule has 0 saturated carbocycles. The van der Waals surface area contributed by atoms with E-state index >= 15 is 0 Å². The summed E-state index contributed by atoms with van der Waals surface area (Å²) in [6.45, 7) is 2.20. The maximum Gasteiger partial charge on any atom is 0.144 e. The van der Waals surface area contributed by atoms with Crippen LogP contribution in [0.1, 0.15) is 11.5 Å². The van der Waals surface area contributed by atoms with Crippen LogP contribution in [0.4, 0.5) is 5.82 Å². The molecule has 10 heavy (non-hydrogen) atoms. The second-order valence-corrected chi connectivity index (χ2v) is 2.05. The Balaban J connectivity index is 3.06. The molecule has 4 heteroatoms. The molecule has 1 rings (SSSR count). The molecule has 0 radical (unpaired) electrons. The van der Waals surface area contributed by atoms with Gasteiger partial charge in [0.1, 0.15) is 11.6 Å². The first kappa shape index (κ1) is 6.95. The molecule has 0 saturated heterocycles. The number of aromatic nitrogens is 2. The third-order valence-corrected chi connectivity index (χ3v) is 1.10. The number of nitrogens with two attached hydrogens (primary N) is 2. The minimum absolute atomic E-state index is 0.339. The van der Waals surface area contributed by atoms with E-state index < -0.39 is 0 Å². The molecule has 0 fully saturated rings. The van der Waals surface area contributed by atoms with Crippen LogP contribution in [0.2, 0.25) is 0 Å². The molecule has 0 atom stereocenters. The van der Waals surface area contributed by atoms with E-state index in [0.717, 1.165) is 5.69 Å². The molecular formula is C6H10N4. The molecule has 4 nitrogen and oxygen atoms in total. The summed E-state index contributed by atoms with van der Waals surface area (Å²) in [5.41, 5.74) is 11.6. The van der Waals surface area contributed by atoms with Crippen molar-refractivity contribution in [1.82, 2.24) is 9.97 Å². The molecular weight excluding hydrogens is 128 g/mol. The monoisotopic (exact) mass is 138 g/mol. The van der Waals surface area contributed by atoms with Gasteiger partial charge in [0.25, 0.3) is 0 Å². The second kappa shape index (κ2) is 2.62. The molecule has 1 aromatic heterocycles. The summed E-state index contributed by atoms with van der Waals surface area (Å²) < 4.78 is 0. The highest BCUT2D eigenvalue weighted by molar-refractivity contribution is 5.28. The average Bonchev–Trinajstić information content (AvgIpc) is 1.85. The molecule has 0 bridgehead atoms. The Bertz CT molecular complexity index is 213. The maximum atomic E-state index is 5.43. The molecule has 54 valence electrons. The summed E-state index contributed by atoms with van der Waals surface area (Å²) in [4.78, 5) is 7.93. The lowest BCUT2D eigenvalue weighted by Gasteiger charge is -1.98. The van der Waals surface area contributed by atoms with Gasteiger partial charge in [-0.25, -0.2) is 9.97 Å². The van der Waals surface area contributed by atoms with E-state index in [4.69, 9.17) is 11.5 Å². The standard InChI is InChI=1S/C6H10N4/c1-4-2-5(8)10-6(3-7)9-4/h2H,3,7H2,1H3,(H2,8,9,10). The Morgan fingerprint density at radius 2 is 2.20 bits per heavy atom. The van der Waals surface area contributed by atoms with Crippen molar-refractivity contribution >= 4 is 5.82 Å². The Labute approximate surface area is 59.3 Å². The van der Waals surface area contributed by atoms with E-state index in [1.807, 2.05) is 6.92 Å². The zero-order valence-electron chi connectivity index (χ0n) is 5.83. The van der Waals surface area contributed by atoms with Crippen LogP contribution < -0.4 is 11.5 Å². The first-order valence-electron chi connectivity index (χ1n) is 3.02. The highest BCUT2D eigenvalue weighted by Crippen LogP contribution is 1.99. The van der Waals surface area contributed by atoms with Gasteiger partial charge in [0.15, 0.2) is 0 Å². The highest BCUT2D eigenvalue weighted by Gasteiger charge is 1.95. The Morgan fingerprint density at radius 3 is 2.70 bits per heavy atom. The van der Waals surface area contributed by atoms with Crippen molar-refractivity contribution in [3.63, 3.8) is 0 Å². The largest absolute Gasteiger partial charge is 0.384 e. The SMILES string of the molecule is Cc1cc(N)nc(CN)n1. The number of aryl methyl sites for hydroxylation is 1. The fourth-order valence-electron chi connectivity index (χ4n) is 0.747. The third-order valence-electron chi connectivity index (χ3n) is 1.10. The summed E-state index contributed by atoms with van der Waals surface area (Å²) in [5, 5.41) is 0. The normalized spacial score (nSPS) is 9.80. The number of hydrogen-bond acceptors (Lipinski definition) is 4. The quantitative estimate of drug-likeness (QED) is 0.564. The molecule has 0 aliphatic rings. The Hall–Kier alpha value is -1.16. The predicted molar refractivity (Wildman–Crippen MR) is 39.1 cm³/mol. The first-order chi connectivity index (χ1) is 4.72. The fraction of sp³-hybridized carbons (Fsp3) is 0.333. The van der Waals surface area contributed by atoms with E-state index in [0.29, 0.717) is 18.2 Å². The van der Waals surface area contributed by atoms with Crippen LogP contribution in [0.25, 0.3) is 0 Å². The number of nitrogen functional groups attached to an aromatic ring is 1. The van der Waals surface area contributed by atoms with Gasteiger partial charge in [0.05, 0.1) is 6.54 Å². The zero-order chi connectivity index (χ0) is 7.56. The van der Waals surface area contributed by atoms with Gasteiger partial charge in [-0.3, -0.25) is 0 Å². The Kier molecular flexibility index (Phi) is 1.82. The van der Waals surface area contributed by atoms with Gasteiger partial charge in [0, 0.05) is 11.8 Å². The number of nitrogens with zero attached hydrogens (tertiary/aromatic N) is 2. The molecule has 0 aliphatic carbocycles. The van der Waals surface area contributed by atoms with Crippen molar-refractivity contribution < 1.29 is 0 Å². The summed E-state index contributed by atoms with van der Waals surface area (Å²) in [6.07, 6.45) is 0. The number of anilines is 1. The van der Waals surface area contributed by atoms with Crippen molar-refractivity contribution in [2.75, 3.05) is 5.73 Å². The van der Waals surface area contributed by atoms with Gasteiger partial charge >= 0.3 is 0 Å². The average molecular weight is 138 g/mol. The fourth-order valence-corrected chi connectivity index (χ4v) is 0.747. The van der Waals surface area contributed by atoms with E-state index in [-0.39, 0.29) is 0 Å². The highest BCUT2D eigenvalue weighted by atomic mass is 15.0. The van der Waals surface area contributed by atoms with Gasteiger partial charge in [-0.2, -0.15) is 0 Å². The van der Waals surface area contributed by atoms with Crippen LogP contribution in [-0.4, -0.2) is 9.97 Å². The van der Waals surface area contributed by atoms with Crippen molar-refractivity contribution in [1.29, 1.82) is 0 Å². The predicted octanol–water partition coefficient (Wildman–Crippen LogP) is -0.174. The summed E-state index contributed by atoms with van der Waals surface area (Å²) in [5.74, 6) is 1.07. The maximum absolute atomic E-state index is 5.43. The van der Waals surface area contributed by atoms with Crippen LogP contribution in [0.3, 0.4) is 0 Å². The van der Waals surface area contributed by atoms with E-state index in [9.17, 15) is 0 Å². The Morgan fingerprint density at radius 1 is 1.50 bits per heavy atom. The number of rotatable bonds is 1. The lowest BCUT2D eigenvalue weighted by molar-refractivity contribution is 0.896. The molecule has 0 amide bonds. The van der Waals surface area contributed by atoms with Crippen molar-refractivity contribution in [3.05, 3.63) is 17.6 Å². The van der Waals surface area contributed by atoms with Gasteiger partial charge in [0.2, 0.25) is 0 Å². The molecule has 0 unspecified atom stereocenters. The van der Waals surface area contributed by atoms with E-state index in [1.165, 1.54) is 0 Å². The van der Waals surface area contributed by atoms with Crippen LogP contribution >= 0.6 is 0 Å². The van der Waals surface area contributed by atoms with Gasteiger partial charge < -0.3 is 11.5 Å². The van der Waals surface area contributed by atoms with Crippen LogP contribution in [0, 0.1) is 6.92 Å². The number of hydrogen-bond donors (Lipinski definition) is 2. The molecule has 0 aliphatic heterocycles. The first-order valence-corrected chi connectivity index (χ1v) is 3.02. The lowest BCUT2D eigenvalue weighted by Crippen LogP contribution is -2.06. The molecule has 1 aromatic rings. The van der Waals surface area contributed by atoms with Crippen molar-refractivity contribution in [2.24, 2.45) is 5.73 Å².